The minimum atomic E-state index is -1.29. The number of ketones is 1. The summed E-state index contributed by atoms with van der Waals surface area (Å²) >= 11 is 5.83. The molecule has 0 aliphatic carbocycles. The summed E-state index contributed by atoms with van der Waals surface area (Å²) in [7, 11) is 0. The first-order valence-electron chi connectivity index (χ1n) is 6.24. The van der Waals surface area contributed by atoms with Crippen LogP contribution in [0.1, 0.15) is 20.7 Å². The van der Waals surface area contributed by atoms with E-state index >= 15 is 0 Å². The highest BCUT2D eigenvalue weighted by Gasteiger charge is 2.21. The average molecular weight is 323 g/mol. The first-order chi connectivity index (χ1) is 10.4. The number of nitrogen functional groups attached to an aromatic ring is 1. The Morgan fingerprint density at radius 3 is 2.55 bits per heavy atom. The van der Waals surface area contributed by atoms with Crippen LogP contribution < -0.4 is 11.1 Å². The van der Waals surface area contributed by atoms with Gasteiger partial charge in [-0.3, -0.25) is 4.79 Å². The Hall–Kier alpha value is -2.60. The van der Waals surface area contributed by atoms with Crippen LogP contribution in [0.25, 0.3) is 0 Å². The van der Waals surface area contributed by atoms with Crippen molar-refractivity contribution in [3.63, 3.8) is 0 Å². The summed E-state index contributed by atoms with van der Waals surface area (Å²) in [6.07, 6.45) is 0. The van der Waals surface area contributed by atoms with Gasteiger partial charge in [0, 0.05) is 0 Å². The highest BCUT2D eigenvalue weighted by atomic mass is 35.5. The Labute approximate surface area is 130 Å². The van der Waals surface area contributed by atoms with Crippen LogP contribution >= 0.6 is 11.6 Å². The zero-order valence-corrected chi connectivity index (χ0v) is 12.0. The summed E-state index contributed by atoms with van der Waals surface area (Å²) in [6.45, 7) is -0.314. The third-order valence-electron chi connectivity index (χ3n) is 3.01. The van der Waals surface area contributed by atoms with Crippen molar-refractivity contribution < 1.29 is 19.1 Å². The molecular formula is C15H12ClFN2O3. The molecule has 0 atom stereocenters. The molecule has 0 amide bonds. The quantitative estimate of drug-likeness (QED) is 0.581. The number of para-hydroxylation sites is 1. The van der Waals surface area contributed by atoms with Crippen molar-refractivity contribution in [2.75, 3.05) is 17.6 Å². The van der Waals surface area contributed by atoms with Crippen LogP contribution in [0, 0.1) is 5.82 Å². The Balaban J connectivity index is 2.28. The molecule has 0 heterocycles. The maximum absolute atomic E-state index is 13.5. The van der Waals surface area contributed by atoms with Crippen LogP contribution in [0.3, 0.4) is 0 Å². The number of carboxylic acids is 1. The van der Waals surface area contributed by atoms with Gasteiger partial charge in [-0.05, 0) is 24.3 Å². The number of carbonyl (C=O) groups is 2. The van der Waals surface area contributed by atoms with Crippen molar-refractivity contribution in [1.29, 1.82) is 0 Å². The Bertz CT molecular complexity index is 750. The number of nitrogens with two attached hydrogens (primary N) is 1. The third-order valence-corrected chi connectivity index (χ3v) is 3.34. The van der Waals surface area contributed by atoms with E-state index in [1.165, 1.54) is 30.3 Å². The lowest BCUT2D eigenvalue weighted by Gasteiger charge is -2.11. The van der Waals surface area contributed by atoms with Crippen molar-refractivity contribution in [2.24, 2.45) is 0 Å². The van der Waals surface area contributed by atoms with E-state index in [9.17, 15) is 14.0 Å². The minimum Gasteiger partial charge on any atom is -0.478 e. The fourth-order valence-electron chi connectivity index (χ4n) is 1.94. The first kappa shape index (κ1) is 15.8. The number of anilines is 2. The summed E-state index contributed by atoms with van der Waals surface area (Å²) < 4.78 is 13.5. The van der Waals surface area contributed by atoms with Crippen molar-refractivity contribution >= 4 is 34.7 Å². The maximum atomic E-state index is 13.5. The van der Waals surface area contributed by atoms with Crippen molar-refractivity contribution in [1.82, 2.24) is 0 Å². The predicted octanol–water partition coefficient (Wildman–Crippen LogP) is 3.05. The van der Waals surface area contributed by atoms with Gasteiger partial charge >= 0.3 is 5.97 Å². The van der Waals surface area contributed by atoms with Gasteiger partial charge in [0.2, 0.25) is 0 Å². The molecule has 0 spiro atoms. The van der Waals surface area contributed by atoms with Gasteiger partial charge in [0.05, 0.1) is 34.1 Å². The maximum Gasteiger partial charge on any atom is 0.336 e. The van der Waals surface area contributed by atoms with Crippen molar-refractivity contribution in [2.45, 2.75) is 0 Å². The van der Waals surface area contributed by atoms with Gasteiger partial charge in [0.15, 0.2) is 5.78 Å². The van der Waals surface area contributed by atoms with E-state index in [1.807, 2.05) is 0 Å². The van der Waals surface area contributed by atoms with Gasteiger partial charge in [-0.2, -0.15) is 0 Å². The highest BCUT2D eigenvalue weighted by molar-refractivity contribution is 6.34. The topological polar surface area (TPSA) is 92.4 Å². The van der Waals surface area contributed by atoms with Crippen LogP contribution in [0.2, 0.25) is 5.02 Å². The molecule has 2 rings (SSSR count). The molecule has 7 heteroatoms. The van der Waals surface area contributed by atoms with Crippen LogP contribution in [0.5, 0.6) is 0 Å². The summed E-state index contributed by atoms with van der Waals surface area (Å²) in [6, 6.07) is 8.33. The van der Waals surface area contributed by atoms with Gasteiger partial charge in [-0.25, -0.2) is 9.18 Å². The molecule has 5 nitrogen and oxygen atoms in total. The van der Waals surface area contributed by atoms with E-state index in [-0.39, 0.29) is 34.1 Å². The molecule has 22 heavy (non-hydrogen) atoms. The molecule has 0 saturated carbocycles. The fraction of sp³-hybridized carbons (Fsp3) is 0.0667. The number of benzene rings is 2. The second kappa shape index (κ2) is 6.44. The van der Waals surface area contributed by atoms with Crippen LogP contribution in [0.15, 0.2) is 36.4 Å². The minimum absolute atomic E-state index is 0.0826. The number of rotatable bonds is 5. The van der Waals surface area contributed by atoms with Crippen LogP contribution in [-0.2, 0) is 0 Å². The van der Waals surface area contributed by atoms with E-state index < -0.39 is 17.6 Å². The van der Waals surface area contributed by atoms with Gasteiger partial charge < -0.3 is 16.2 Å². The summed E-state index contributed by atoms with van der Waals surface area (Å²) in [4.78, 5) is 23.4. The molecule has 114 valence electrons. The zero-order valence-electron chi connectivity index (χ0n) is 11.3. The van der Waals surface area contributed by atoms with Gasteiger partial charge in [-0.15, -0.1) is 0 Å². The number of hydrogen-bond acceptors (Lipinski definition) is 4. The smallest absolute Gasteiger partial charge is 0.336 e. The van der Waals surface area contributed by atoms with Gasteiger partial charge in [-0.1, -0.05) is 23.7 Å². The molecule has 0 aliphatic rings. The fourth-order valence-corrected chi connectivity index (χ4v) is 2.10. The predicted molar refractivity (Wildman–Crippen MR) is 82.0 cm³/mol. The van der Waals surface area contributed by atoms with Crippen LogP contribution in [-0.4, -0.2) is 23.4 Å². The normalized spacial score (nSPS) is 10.3. The van der Waals surface area contributed by atoms with Crippen LogP contribution in [0.4, 0.5) is 15.8 Å². The SMILES string of the molecule is Nc1c(Cl)ccc(C(=O)O)c1C(=O)CNc1ccccc1F. The van der Waals surface area contributed by atoms with Gasteiger partial charge in [0.25, 0.3) is 0 Å². The Morgan fingerprint density at radius 1 is 1.23 bits per heavy atom. The second-order valence-corrected chi connectivity index (χ2v) is 4.85. The van der Waals surface area contributed by atoms with Gasteiger partial charge in [0.1, 0.15) is 5.82 Å². The van der Waals surface area contributed by atoms with E-state index in [1.54, 1.807) is 6.07 Å². The van der Waals surface area contributed by atoms with E-state index in [0.717, 1.165) is 0 Å². The van der Waals surface area contributed by atoms with Crippen molar-refractivity contribution in [3.8, 4) is 0 Å². The van der Waals surface area contributed by atoms with E-state index in [4.69, 9.17) is 22.4 Å². The summed E-state index contributed by atoms with van der Waals surface area (Å²) in [5.74, 6) is -2.41. The molecule has 4 N–H and O–H groups in total. The number of hydrogen-bond donors (Lipinski definition) is 3. The number of halogens is 2. The number of carboxylic acid groups (broad SMARTS) is 1. The molecule has 0 fully saturated rings. The lowest BCUT2D eigenvalue weighted by molar-refractivity contribution is 0.0692. The number of nitrogens with one attached hydrogen (secondary N) is 1. The molecule has 0 unspecified atom stereocenters. The molecule has 0 aliphatic heterocycles. The average Bonchev–Trinajstić information content (AvgIpc) is 2.48. The lowest BCUT2D eigenvalue weighted by Crippen LogP contribution is -2.19. The largest absolute Gasteiger partial charge is 0.478 e. The van der Waals surface area contributed by atoms with E-state index in [0.29, 0.717) is 0 Å². The molecule has 2 aromatic rings. The Morgan fingerprint density at radius 2 is 1.91 bits per heavy atom. The number of aromatic carboxylic acids is 1. The first-order valence-corrected chi connectivity index (χ1v) is 6.62. The monoisotopic (exact) mass is 322 g/mol. The number of Topliss-reactive ketones (excluding diaryl/α,β-unsaturated/α-hetero) is 1. The molecule has 0 aromatic heterocycles. The zero-order chi connectivity index (χ0) is 16.3. The highest BCUT2D eigenvalue weighted by Crippen LogP contribution is 2.27. The molecule has 0 bridgehead atoms. The Kier molecular flexibility index (Phi) is 4.62. The molecule has 0 saturated heterocycles. The summed E-state index contributed by atoms with van der Waals surface area (Å²) in [5, 5.41) is 11.8. The molecule has 2 aromatic carbocycles. The number of carbonyl (C=O) groups excluding carboxylic acids is 1. The third kappa shape index (κ3) is 3.17. The van der Waals surface area contributed by atoms with E-state index in [2.05, 4.69) is 5.32 Å². The van der Waals surface area contributed by atoms with Crippen molar-refractivity contribution in [3.05, 3.63) is 58.4 Å². The molecule has 0 radical (unpaired) electrons. The lowest BCUT2D eigenvalue weighted by atomic mass is 10.0. The summed E-state index contributed by atoms with van der Waals surface area (Å²) in [5.41, 5.74) is 5.29. The standard InChI is InChI=1S/C15H12ClFN2O3/c16-9-6-5-8(15(21)22)13(14(9)18)12(20)7-19-11-4-2-1-3-10(11)17/h1-6,19H,7,18H2,(H,21,22). The second-order valence-electron chi connectivity index (χ2n) is 4.45. The molecular weight excluding hydrogens is 311 g/mol.